The van der Waals surface area contributed by atoms with E-state index in [0.29, 0.717) is 0 Å². The quantitative estimate of drug-likeness (QED) is 0.851. The fourth-order valence-electron chi connectivity index (χ4n) is 1.90. The number of hydrogen-bond acceptors (Lipinski definition) is 3. The number of anilines is 1. The molecule has 1 atom stereocenters. The average molecular weight is 287 g/mol. The smallest absolute Gasteiger partial charge is 0.258 e. The number of amides is 1. The minimum atomic E-state index is -0.601. The number of hydrogen-bond donors (Lipinski definition) is 1. The summed E-state index contributed by atoms with van der Waals surface area (Å²) in [6.45, 7) is 0. The zero-order valence-corrected chi connectivity index (χ0v) is 12.3. The van der Waals surface area contributed by atoms with Gasteiger partial charge in [0.15, 0.2) is 6.10 Å². The topological polar surface area (TPSA) is 38.3 Å². The Morgan fingerprint density at radius 3 is 2.30 bits per heavy atom. The van der Waals surface area contributed by atoms with Crippen LogP contribution in [0.25, 0.3) is 0 Å². The largest absolute Gasteiger partial charge is 0.367 e. The lowest BCUT2D eigenvalue weighted by molar-refractivity contribution is -0.126. The molecule has 0 bridgehead atoms. The zero-order chi connectivity index (χ0) is 14.4. The summed E-state index contributed by atoms with van der Waals surface area (Å²) in [5.74, 6) is -0.171. The summed E-state index contributed by atoms with van der Waals surface area (Å²) in [6, 6.07) is 17.2. The molecule has 0 spiro atoms. The van der Waals surface area contributed by atoms with Gasteiger partial charge in [-0.15, -0.1) is 11.8 Å². The Balaban J connectivity index is 2.09. The molecule has 4 heteroatoms. The summed E-state index contributed by atoms with van der Waals surface area (Å²) in [5, 5.41) is 2.87. The van der Waals surface area contributed by atoms with Crippen LogP contribution in [0, 0.1) is 0 Å². The molecule has 0 aliphatic carbocycles. The van der Waals surface area contributed by atoms with Gasteiger partial charge in [-0.2, -0.15) is 0 Å². The van der Waals surface area contributed by atoms with Gasteiger partial charge in [0.05, 0.1) is 0 Å². The minimum absolute atomic E-state index is 0.171. The van der Waals surface area contributed by atoms with Crippen LogP contribution in [-0.2, 0) is 9.53 Å². The van der Waals surface area contributed by atoms with Crippen molar-refractivity contribution in [1.29, 1.82) is 0 Å². The number of methoxy groups -OCH3 is 1. The zero-order valence-electron chi connectivity index (χ0n) is 11.5. The Morgan fingerprint density at radius 1 is 1.10 bits per heavy atom. The van der Waals surface area contributed by atoms with Gasteiger partial charge in [0.2, 0.25) is 0 Å². The van der Waals surface area contributed by atoms with Crippen molar-refractivity contribution in [3.8, 4) is 0 Å². The fraction of sp³-hybridized carbons (Fsp3) is 0.188. The summed E-state index contributed by atoms with van der Waals surface area (Å²) in [6.07, 6.45) is 1.42. The highest BCUT2D eigenvalue weighted by molar-refractivity contribution is 7.98. The molecule has 0 saturated heterocycles. The number of rotatable bonds is 5. The molecular formula is C16H17NO2S. The highest BCUT2D eigenvalue weighted by atomic mass is 32.2. The van der Waals surface area contributed by atoms with Crippen LogP contribution in [0.1, 0.15) is 11.7 Å². The van der Waals surface area contributed by atoms with Gasteiger partial charge in [-0.25, -0.2) is 0 Å². The number of thioether (sulfide) groups is 1. The molecule has 0 aliphatic heterocycles. The van der Waals surface area contributed by atoms with Gasteiger partial charge in [0.1, 0.15) is 0 Å². The number of ether oxygens (including phenoxy) is 1. The Hall–Kier alpha value is -1.78. The van der Waals surface area contributed by atoms with Crippen LogP contribution < -0.4 is 5.32 Å². The molecule has 0 aliphatic rings. The van der Waals surface area contributed by atoms with Crippen molar-refractivity contribution in [3.05, 3.63) is 60.2 Å². The first-order chi connectivity index (χ1) is 9.74. The molecule has 2 aromatic carbocycles. The predicted octanol–water partition coefficient (Wildman–Crippen LogP) is 3.73. The van der Waals surface area contributed by atoms with E-state index in [1.54, 1.807) is 11.8 Å². The molecule has 20 heavy (non-hydrogen) atoms. The second-order valence-electron chi connectivity index (χ2n) is 4.24. The van der Waals surface area contributed by atoms with Gasteiger partial charge >= 0.3 is 0 Å². The third-order valence-electron chi connectivity index (χ3n) is 2.93. The minimum Gasteiger partial charge on any atom is -0.367 e. The van der Waals surface area contributed by atoms with Crippen LogP contribution in [0.3, 0.4) is 0 Å². The summed E-state index contributed by atoms with van der Waals surface area (Å²) in [7, 11) is 1.54. The van der Waals surface area contributed by atoms with E-state index in [2.05, 4.69) is 5.32 Å². The standard InChI is InChI=1S/C16H17NO2S/c1-19-15(12-6-4-3-5-7-12)16(18)17-13-8-10-14(20-2)11-9-13/h3-11,15H,1-2H3,(H,17,18). The second kappa shape index (κ2) is 7.12. The first kappa shape index (κ1) is 14.6. The third kappa shape index (κ3) is 3.62. The third-order valence-corrected chi connectivity index (χ3v) is 3.68. The van der Waals surface area contributed by atoms with Crippen molar-refractivity contribution in [1.82, 2.24) is 0 Å². The maximum absolute atomic E-state index is 12.3. The lowest BCUT2D eigenvalue weighted by Crippen LogP contribution is -2.22. The second-order valence-corrected chi connectivity index (χ2v) is 5.12. The van der Waals surface area contributed by atoms with E-state index >= 15 is 0 Å². The predicted molar refractivity (Wildman–Crippen MR) is 83.0 cm³/mol. The van der Waals surface area contributed by atoms with Crippen molar-refractivity contribution < 1.29 is 9.53 Å². The Kier molecular flexibility index (Phi) is 5.21. The molecule has 0 radical (unpaired) electrons. The van der Waals surface area contributed by atoms with Crippen molar-refractivity contribution in [2.24, 2.45) is 0 Å². The molecule has 3 nitrogen and oxygen atoms in total. The summed E-state index contributed by atoms with van der Waals surface area (Å²) >= 11 is 1.67. The van der Waals surface area contributed by atoms with Crippen LogP contribution in [0.2, 0.25) is 0 Å². The van der Waals surface area contributed by atoms with E-state index in [1.807, 2.05) is 60.9 Å². The monoisotopic (exact) mass is 287 g/mol. The maximum Gasteiger partial charge on any atom is 0.258 e. The molecule has 2 aromatic rings. The fourth-order valence-corrected chi connectivity index (χ4v) is 2.31. The van der Waals surface area contributed by atoms with E-state index in [4.69, 9.17) is 4.74 Å². The van der Waals surface area contributed by atoms with E-state index in [-0.39, 0.29) is 5.91 Å². The average Bonchev–Trinajstić information content (AvgIpc) is 2.50. The lowest BCUT2D eigenvalue weighted by atomic mass is 10.1. The van der Waals surface area contributed by atoms with Crippen molar-refractivity contribution in [2.75, 3.05) is 18.7 Å². The Morgan fingerprint density at radius 2 is 1.75 bits per heavy atom. The van der Waals surface area contributed by atoms with E-state index < -0.39 is 6.10 Å². The Bertz CT molecular complexity index is 554. The summed E-state index contributed by atoms with van der Waals surface area (Å²) < 4.78 is 5.30. The van der Waals surface area contributed by atoms with Crippen molar-refractivity contribution in [3.63, 3.8) is 0 Å². The van der Waals surface area contributed by atoms with E-state index in [9.17, 15) is 4.79 Å². The first-order valence-electron chi connectivity index (χ1n) is 6.27. The molecule has 1 amide bonds. The molecular weight excluding hydrogens is 270 g/mol. The molecule has 2 rings (SSSR count). The molecule has 0 saturated carbocycles. The van der Waals surface area contributed by atoms with Gasteiger partial charge in [0.25, 0.3) is 5.91 Å². The number of carbonyl (C=O) groups is 1. The normalized spacial score (nSPS) is 11.9. The van der Waals surface area contributed by atoms with Crippen LogP contribution in [-0.4, -0.2) is 19.3 Å². The summed E-state index contributed by atoms with van der Waals surface area (Å²) in [5.41, 5.74) is 1.61. The van der Waals surface area contributed by atoms with Crippen LogP contribution in [0.5, 0.6) is 0 Å². The molecule has 104 valence electrons. The maximum atomic E-state index is 12.3. The number of carbonyl (C=O) groups excluding carboxylic acids is 1. The molecule has 0 aromatic heterocycles. The SMILES string of the molecule is COC(C(=O)Nc1ccc(SC)cc1)c1ccccc1. The number of nitrogens with one attached hydrogen (secondary N) is 1. The molecule has 0 heterocycles. The van der Waals surface area contributed by atoms with Gasteiger partial charge < -0.3 is 10.1 Å². The first-order valence-corrected chi connectivity index (χ1v) is 7.49. The van der Waals surface area contributed by atoms with Gasteiger partial charge in [-0.1, -0.05) is 30.3 Å². The van der Waals surface area contributed by atoms with Gasteiger partial charge in [-0.05, 0) is 36.1 Å². The summed E-state index contributed by atoms with van der Waals surface area (Å²) in [4.78, 5) is 13.4. The molecule has 1 N–H and O–H groups in total. The van der Waals surface area contributed by atoms with Crippen molar-refractivity contribution >= 4 is 23.4 Å². The van der Waals surface area contributed by atoms with Crippen molar-refractivity contribution in [2.45, 2.75) is 11.0 Å². The van der Waals surface area contributed by atoms with E-state index in [0.717, 1.165) is 16.1 Å². The van der Waals surface area contributed by atoms with Crippen LogP contribution in [0.4, 0.5) is 5.69 Å². The van der Waals surface area contributed by atoms with Gasteiger partial charge in [0, 0.05) is 17.7 Å². The highest BCUT2D eigenvalue weighted by Crippen LogP contribution is 2.21. The van der Waals surface area contributed by atoms with E-state index in [1.165, 1.54) is 7.11 Å². The lowest BCUT2D eigenvalue weighted by Gasteiger charge is -2.15. The van der Waals surface area contributed by atoms with Crippen LogP contribution >= 0.6 is 11.8 Å². The number of benzene rings is 2. The highest BCUT2D eigenvalue weighted by Gasteiger charge is 2.19. The van der Waals surface area contributed by atoms with Crippen LogP contribution in [0.15, 0.2) is 59.5 Å². The Labute approximate surface area is 123 Å². The molecule has 0 fully saturated rings. The molecule has 1 unspecified atom stereocenters. The van der Waals surface area contributed by atoms with Gasteiger partial charge in [-0.3, -0.25) is 4.79 Å².